The summed E-state index contributed by atoms with van der Waals surface area (Å²) in [5.74, 6) is 2.16. The molecule has 2 aromatic carbocycles. The molecule has 0 amide bonds. The molecule has 0 bridgehead atoms. The number of nitrogen functional groups attached to an aromatic ring is 1. The van der Waals surface area contributed by atoms with Crippen LogP contribution >= 0.6 is 0 Å². The molecule has 1 aliphatic heterocycles. The molecule has 1 saturated carbocycles. The number of hydrogen-bond donors (Lipinski definition) is 3. The maximum absolute atomic E-state index is 6.28. The first-order valence-corrected chi connectivity index (χ1v) is 17.9. The minimum atomic E-state index is 0.481. The van der Waals surface area contributed by atoms with Gasteiger partial charge in [0.05, 0.1) is 5.39 Å². The molecule has 0 unspecified atom stereocenters. The van der Waals surface area contributed by atoms with Gasteiger partial charge in [-0.25, -0.2) is 9.97 Å². The monoisotopic (exact) mass is 647 g/mol. The van der Waals surface area contributed by atoms with Crippen LogP contribution in [-0.4, -0.2) is 41.7 Å². The minimum Gasteiger partial charge on any atom is -0.457 e. The van der Waals surface area contributed by atoms with Gasteiger partial charge in [0, 0.05) is 17.8 Å². The largest absolute Gasteiger partial charge is 0.457 e. The lowest BCUT2D eigenvalue weighted by Crippen LogP contribution is -2.12. The summed E-state index contributed by atoms with van der Waals surface area (Å²) in [6.45, 7) is 18.5. The van der Waals surface area contributed by atoms with Crippen LogP contribution in [0.3, 0.4) is 0 Å². The van der Waals surface area contributed by atoms with Crippen LogP contribution in [-0.2, 0) is 0 Å². The SMILES string of the molecule is C/C=C\C.C1CCNC1.CC.CC.CC.CNC.Nc1ncnc2c1c(-c1ccc(Oc3ccccc3)cc1)cn2C1CCCCC1. The number of nitrogens with two attached hydrogens (primary N) is 1. The highest BCUT2D eigenvalue weighted by molar-refractivity contribution is 6.00. The number of nitrogens with zero attached hydrogens (tertiary/aromatic N) is 3. The molecular formula is C40H66N6O. The first kappa shape index (κ1) is 43.3. The Hall–Kier alpha value is -3.68. The molecule has 2 aromatic heterocycles. The summed E-state index contributed by atoms with van der Waals surface area (Å²) in [5, 5.41) is 6.91. The summed E-state index contributed by atoms with van der Waals surface area (Å²) in [6.07, 6.45) is 16.8. The maximum atomic E-state index is 6.28. The normalized spacial score (nSPS) is 13.3. The van der Waals surface area contributed by atoms with Crippen molar-refractivity contribution in [1.82, 2.24) is 25.2 Å². The summed E-state index contributed by atoms with van der Waals surface area (Å²) in [5.41, 5.74) is 9.38. The van der Waals surface area contributed by atoms with E-state index in [2.05, 4.69) is 43.5 Å². The third kappa shape index (κ3) is 15.6. The van der Waals surface area contributed by atoms with Crippen molar-refractivity contribution < 1.29 is 4.74 Å². The van der Waals surface area contributed by atoms with Crippen molar-refractivity contribution in [1.29, 1.82) is 0 Å². The lowest BCUT2D eigenvalue weighted by atomic mass is 9.95. The predicted molar refractivity (Wildman–Crippen MR) is 208 cm³/mol. The van der Waals surface area contributed by atoms with Crippen molar-refractivity contribution in [3.63, 3.8) is 0 Å². The highest BCUT2D eigenvalue weighted by Crippen LogP contribution is 2.38. The van der Waals surface area contributed by atoms with Gasteiger partial charge in [0.2, 0.25) is 0 Å². The Morgan fingerprint density at radius 2 is 1.30 bits per heavy atom. The van der Waals surface area contributed by atoms with E-state index in [0.29, 0.717) is 11.9 Å². The van der Waals surface area contributed by atoms with Crippen LogP contribution in [0.5, 0.6) is 11.5 Å². The average Bonchev–Trinajstić information content (AvgIpc) is 3.86. The molecule has 4 N–H and O–H groups in total. The van der Waals surface area contributed by atoms with Crippen LogP contribution < -0.4 is 21.1 Å². The smallest absolute Gasteiger partial charge is 0.146 e. The number of benzene rings is 2. The zero-order valence-corrected chi connectivity index (χ0v) is 31.3. The van der Waals surface area contributed by atoms with E-state index >= 15 is 0 Å². The van der Waals surface area contributed by atoms with Gasteiger partial charge in [-0.05, 0) is 96.5 Å². The molecular weight excluding hydrogens is 580 g/mol. The van der Waals surface area contributed by atoms with E-state index in [1.807, 2.05) is 124 Å². The first-order valence-electron chi connectivity index (χ1n) is 17.9. The Morgan fingerprint density at radius 3 is 1.79 bits per heavy atom. The Balaban J connectivity index is 0.000000982. The second kappa shape index (κ2) is 28.5. The van der Waals surface area contributed by atoms with E-state index < -0.39 is 0 Å². The molecule has 4 aromatic rings. The minimum absolute atomic E-state index is 0.481. The van der Waals surface area contributed by atoms with E-state index in [1.165, 1.54) is 58.0 Å². The topological polar surface area (TPSA) is 90.0 Å². The number of allylic oxidation sites excluding steroid dienone is 2. The van der Waals surface area contributed by atoms with Gasteiger partial charge >= 0.3 is 0 Å². The van der Waals surface area contributed by atoms with Gasteiger partial charge in [-0.1, -0.05) is 103 Å². The van der Waals surface area contributed by atoms with Crippen molar-refractivity contribution >= 4 is 16.9 Å². The van der Waals surface area contributed by atoms with E-state index in [0.717, 1.165) is 33.7 Å². The number of rotatable bonds is 4. The second-order valence-corrected chi connectivity index (χ2v) is 10.3. The highest BCUT2D eigenvalue weighted by Gasteiger charge is 2.22. The predicted octanol–water partition coefficient (Wildman–Crippen LogP) is 10.8. The van der Waals surface area contributed by atoms with Gasteiger partial charge in [0.1, 0.15) is 29.3 Å². The molecule has 0 spiro atoms. The van der Waals surface area contributed by atoms with Crippen molar-refractivity contribution in [3.8, 4) is 22.6 Å². The van der Waals surface area contributed by atoms with Crippen molar-refractivity contribution in [2.75, 3.05) is 32.9 Å². The van der Waals surface area contributed by atoms with Crippen LogP contribution in [0.2, 0.25) is 0 Å². The molecule has 47 heavy (non-hydrogen) atoms. The van der Waals surface area contributed by atoms with Gasteiger partial charge in [-0.3, -0.25) is 0 Å². The third-order valence-electron chi connectivity index (χ3n) is 7.04. The summed E-state index contributed by atoms with van der Waals surface area (Å²) in [6, 6.07) is 18.4. The number of anilines is 1. The first-order chi connectivity index (χ1) is 23.1. The van der Waals surface area contributed by atoms with Crippen molar-refractivity contribution in [2.45, 2.75) is 106 Å². The van der Waals surface area contributed by atoms with Gasteiger partial charge in [-0.15, -0.1) is 0 Å². The van der Waals surface area contributed by atoms with Gasteiger partial charge < -0.3 is 25.7 Å². The molecule has 0 atom stereocenters. The van der Waals surface area contributed by atoms with Crippen LogP contribution in [0.15, 0.2) is 79.3 Å². The van der Waals surface area contributed by atoms with E-state index in [-0.39, 0.29) is 0 Å². The van der Waals surface area contributed by atoms with E-state index in [1.54, 1.807) is 6.33 Å². The molecule has 7 nitrogen and oxygen atoms in total. The zero-order valence-electron chi connectivity index (χ0n) is 31.3. The number of para-hydroxylation sites is 1. The molecule has 2 fully saturated rings. The second-order valence-electron chi connectivity index (χ2n) is 10.3. The van der Waals surface area contributed by atoms with Crippen molar-refractivity contribution in [2.24, 2.45) is 0 Å². The molecule has 7 heteroatoms. The van der Waals surface area contributed by atoms with Crippen LogP contribution in [0.4, 0.5) is 5.82 Å². The van der Waals surface area contributed by atoms with Crippen LogP contribution in [0.25, 0.3) is 22.2 Å². The average molecular weight is 647 g/mol. The van der Waals surface area contributed by atoms with Crippen LogP contribution in [0, 0.1) is 0 Å². The maximum Gasteiger partial charge on any atom is 0.146 e. The lowest BCUT2D eigenvalue weighted by Gasteiger charge is -2.23. The standard InChI is InChI=1S/C24H24N4O.C4H9N.C4H8.C2H7N.3C2H6/c25-23-22-21(15-28(24(22)27-16-26-23)18-7-3-1-4-8-18)17-11-13-20(14-12-17)29-19-9-5-2-6-10-19;1-2-4-5-3-1;1-3-4-2;1-3-2;3*1-2/h2,5-6,9-16,18H,1,3-4,7-8H2,(H2,25,26,27);5H,1-4H2;3-4H,1-2H3;3H,1-2H3;3*1-2H3/b;;4-3-;;;;. The molecule has 3 heterocycles. The van der Waals surface area contributed by atoms with Gasteiger partial charge in [0.25, 0.3) is 0 Å². The Labute approximate surface area is 287 Å². The third-order valence-corrected chi connectivity index (χ3v) is 7.04. The highest BCUT2D eigenvalue weighted by atomic mass is 16.5. The number of fused-ring (bicyclic) bond motifs is 1. The fourth-order valence-electron chi connectivity index (χ4n) is 4.92. The quantitative estimate of drug-likeness (QED) is 0.191. The lowest BCUT2D eigenvalue weighted by molar-refractivity contribution is 0.360. The number of aromatic nitrogens is 3. The molecule has 6 rings (SSSR count). The van der Waals surface area contributed by atoms with Gasteiger partial charge in [0.15, 0.2) is 0 Å². The van der Waals surface area contributed by atoms with E-state index in [4.69, 9.17) is 10.5 Å². The molecule has 1 saturated heterocycles. The Kier molecular flexibility index (Phi) is 26.3. The zero-order chi connectivity index (χ0) is 35.3. The summed E-state index contributed by atoms with van der Waals surface area (Å²) >= 11 is 0. The molecule has 262 valence electrons. The molecule has 0 radical (unpaired) electrons. The fourth-order valence-corrected chi connectivity index (χ4v) is 4.92. The van der Waals surface area contributed by atoms with Gasteiger partial charge in [-0.2, -0.15) is 0 Å². The number of nitrogens with one attached hydrogen (secondary N) is 2. The Morgan fingerprint density at radius 1 is 0.766 bits per heavy atom. The summed E-state index contributed by atoms with van der Waals surface area (Å²) < 4.78 is 8.24. The number of ether oxygens (including phenoxy) is 1. The number of hydrogen-bond acceptors (Lipinski definition) is 6. The molecule has 2 aliphatic rings. The van der Waals surface area contributed by atoms with E-state index in [9.17, 15) is 0 Å². The fraction of sp³-hybridized carbons (Fsp3) is 0.500. The van der Waals surface area contributed by atoms with Crippen molar-refractivity contribution in [3.05, 3.63) is 79.3 Å². The molecule has 1 aliphatic carbocycles. The summed E-state index contributed by atoms with van der Waals surface area (Å²) in [7, 11) is 3.75. The van der Waals surface area contributed by atoms with Crippen LogP contribution in [0.1, 0.15) is 106 Å². The summed E-state index contributed by atoms with van der Waals surface area (Å²) in [4.78, 5) is 8.84. The Bertz CT molecular complexity index is 1280.